The zero-order chi connectivity index (χ0) is 19.1. The lowest BCUT2D eigenvalue weighted by Gasteiger charge is -2.25. The highest BCUT2D eigenvalue weighted by Crippen LogP contribution is 2.52. The van der Waals surface area contributed by atoms with Crippen molar-refractivity contribution in [3.63, 3.8) is 0 Å². The van der Waals surface area contributed by atoms with Crippen LogP contribution in [0.2, 0.25) is 0 Å². The first kappa shape index (κ1) is 19.4. The molecule has 0 radical (unpaired) electrons. The predicted molar refractivity (Wildman–Crippen MR) is 96.0 cm³/mol. The van der Waals surface area contributed by atoms with Crippen LogP contribution < -0.4 is 5.32 Å². The van der Waals surface area contributed by atoms with Gasteiger partial charge in [-0.2, -0.15) is 0 Å². The number of carbonyl (C=O) groups is 2. The SMILES string of the molecule is C[C@@H]1C2CC(C)(C)CC2=C(COC(=O)[C@@H]2CCC(=O)N2)[C@@H](CO)C[C@@H]1O. The molecule has 0 aromatic carbocycles. The number of allylic oxidation sites excluding steroid dienone is 1. The fourth-order valence-corrected chi connectivity index (χ4v) is 4.91. The fourth-order valence-electron chi connectivity index (χ4n) is 4.91. The largest absolute Gasteiger partial charge is 0.460 e. The number of hydrogen-bond acceptors (Lipinski definition) is 5. The van der Waals surface area contributed by atoms with Crippen LogP contribution in [0, 0.1) is 23.2 Å². The molecule has 146 valence electrons. The molecule has 0 aromatic heterocycles. The Hall–Kier alpha value is -1.40. The summed E-state index contributed by atoms with van der Waals surface area (Å²) in [7, 11) is 0. The number of hydrogen-bond donors (Lipinski definition) is 3. The van der Waals surface area contributed by atoms with Crippen molar-refractivity contribution in [3.8, 4) is 0 Å². The van der Waals surface area contributed by atoms with Crippen molar-refractivity contribution in [2.24, 2.45) is 23.2 Å². The van der Waals surface area contributed by atoms with Gasteiger partial charge < -0.3 is 20.3 Å². The van der Waals surface area contributed by atoms with Crippen LogP contribution in [-0.4, -0.2) is 47.4 Å². The van der Waals surface area contributed by atoms with Gasteiger partial charge in [0.25, 0.3) is 0 Å². The maximum atomic E-state index is 12.3. The quantitative estimate of drug-likeness (QED) is 0.519. The number of nitrogens with one attached hydrogen (secondary N) is 1. The van der Waals surface area contributed by atoms with E-state index in [1.165, 1.54) is 5.57 Å². The van der Waals surface area contributed by atoms with E-state index in [4.69, 9.17) is 4.74 Å². The van der Waals surface area contributed by atoms with Crippen LogP contribution in [0.15, 0.2) is 11.1 Å². The lowest BCUT2D eigenvalue weighted by Crippen LogP contribution is -2.35. The zero-order valence-corrected chi connectivity index (χ0v) is 16.0. The molecule has 2 fully saturated rings. The third-order valence-electron chi connectivity index (χ3n) is 6.43. The number of ether oxygens (including phenoxy) is 1. The molecular weight excluding hydrogens is 334 g/mol. The molecule has 1 unspecified atom stereocenters. The number of esters is 1. The smallest absolute Gasteiger partial charge is 0.328 e. The molecule has 26 heavy (non-hydrogen) atoms. The van der Waals surface area contributed by atoms with Crippen molar-refractivity contribution in [1.29, 1.82) is 0 Å². The standard InChI is InChI=1S/C20H31NO5/c1-11-13-7-20(2,3)8-14(13)15(12(9-22)6-17(11)23)10-26-19(25)16-4-5-18(24)21-16/h11-13,16-17,22-23H,4-10H2,1-3H3,(H,21,24)/t11-,12-,13?,16+,17+/m1/s1. The highest BCUT2D eigenvalue weighted by molar-refractivity contribution is 5.88. The van der Waals surface area contributed by atoms with Crippen LogP contribution in [0.4, 0.5) is 0 Å². The Morgan fingerprint density at radius 1 is 1.38 bits per heavy atom. The van der Waals surface area contributed by atoms with Crippen molar-refractivity contribution < 1.29 is 24.5 Å². The molecule has 1 saturated heterocycles. The molecule has 6 nitrogen and oxygen atoms in total. The average Bonchev–Trinajstić information content (AvgIpc) is 3.13. The van der Waals surface area contributed by atoms with E-state index in [-0.39, 0.29) is 42.3 Å². The Labute approximate surface area is 155 Å². The second-order valence-electron chi connectivity index (χ2n) is 9.01. The first-order chi connectivity index (χ1) is 12.2. The molecule has 1 aliphatic heterocycles. The first-order valence-corrected chi connectivity index (χ1v) is 9.68. The fraction of sp³-hybridized carbons (Fsp3) is 0.800. The van der Waals surface area contributed by atoms with E-state index in [1.807, 2.05) is 0 Å². The van der Waals surface area contributed by atoms with E-state index in [9.17, 15) is 19.8 Å². The van der Waals surface area contributed by atoms with Crippen molar-refractivity contribution in [3.05, 3.63) is 11.1 Å². The molecule has 3 aliphatic rings. The topological polar surface area (TPSA) is 95.9 Å². The van der Waals surface area contributed by atoms with Gasteiger partial charge in [0.15, 0.2) is 0 Å². The molecule has 0 aromatic rings. The summed E-state index contributed by atoms with van der Waals surface area (Å²) >= 11 is 0. The number of rotatable bonds is 4. The van der Waals surface area contributed by atoms with E-state index in [0.717, 1.165) is 18.4 Å². The molecule has 6 heteroatoms. The summed E-state index contributed by atoms with van der Waals surface area (Å²) in [5, 5.41) is 23.1. The lowest BCUT2D eigenvalue weighted by atomic mass is 9.83. The lowest BCUT2D eigenvalue weighted by molar-refractivity contribution is -0.145. The number of carbonyl (C=O) groups excluding carboxylic acids is 2. The molecule has 3 N–H and O–H groups in total. The Morgan fingerprint density at radius 3 is 2.73 bits per heavy atom. The molecule has 1 saturated carbocycles. The van der Waals surface area contributed by atoms with Gasteiger partial charge in [-0.1, -0.05) is 26.3 Å². The van der Waals surface area contributed by atoms with Crippen LogP contribution in [0.5, 0.6) is 0 Å². The van der Waals surface area contributed by atoms with E-state index < -0.39 is 18.1 Å². The predicted octanol–water partition coefficient (Wildman–Crippen LogP) is 1.55. The average molecular weight is 365 g/mol. The number of fused-ring (bicyclic) bond motifs is 1. The van der Waals surface area contributed by atoms with Crippen molar-refractivity contribution in [1.82, 2.24) is 5.32 Å². The summed E-state index contributed by atoms with van der Waals surface area (Å²) in [6.07, 6.45) is 2.74. The van der Waals surface area contributed by atoms with Crippen LogP contribution in [0.3, 0.4) is 0 Å². The monoisotopic (exact) mass is 365 g/mol. The van der Waals surface area contributed by atoms with Crippen LogP contribution in [-0.2, 0) is 14.3 Å². The Balaban J connectivity index is 1.81. The highest BCUT2D eigenvalue weighted by atomic mass is 16.5. The summed E-state index contributed by atoms with van der Waals surface area (Å²) in [5.41, 5.74) is 2.37. The summed E-state index contributed by atoms with van der Waals surface area (Å²) in [4.78, 5) is 23.6. The maximum Gasteiger partial charge on any atom is 0.328 e. The van der Waals surface area contributed by atoms with Crippen molar-refractivity contribution in [2.75, 3.05) is 13.2 Å². The van der Waals surface area contributed by atoms with Gasteiger partial charge in [-0.05, 0) is 48.5 Å². The minimum atomic E-state index is -0.563. The molecule has 0 spiro atoms. The molecular formula is C20H31NO5. The zero-order valence-electron chi connectivity index (χ0n) is 16.0. The summed E-state index contributed by atoms with van der Waals surface area (Å²) < 4.78 is 5.54. The maximum absolute atomic E-state index is 12.3. The third-order valence-corrected chi connectivity index (χ3v) is 6.43. The van der Waals surface area contributed by atoms with Gasteiger partial charge in [-0.3, -0.25) is 4.79 Å². The van der Waals surface area contributed by atoms with E-state index in [0.29, 0.717) is 19.3 Å². The number of aliphatic hydroxyl groups is 2. The first-order valence-electron chi connectivity index (χ1n) is 9.68. The second-order valence-corrected chi connectivity index (χ2v) is 9.01. The van der Waals surface area contributed by atoms with E-state index in [1.54, 1.807) is 0 Å². The normalized spacial score (nSPS) is 36.5. The third kappa shape index (κ3) is 3.81. The summed E-state index contributed by atoms with van der Waals surface area (Å²) in [5.74, 6) is -0.328. The Bertz CT molecular complexity index is 611. The minimum absolute atomic E-state index is 0.0620. The van der Waals surface area contributed by atoms with Gasteiger partial charge in [0.2, 0.25) is 5.91 Å². The molecule has 3 rings (SSSR count). The summed E-state index contributed by atoms with van der Waals surface area (Å²) in [6.45, 7) is 6.60. The van der Waals surface area contributed by atoms with Crippen LogP contribution in [0.25, 0.3) is 0 Å². The minimum Gasteiger partial charge on any atom is -0.460 e. The van der Waals surface area contributed by atoms with E-state index >= 15 is 0 Å². The van der Waals surface area contributed by atoms with Gasteiger partial charge in [0, 0.05) is 18.9 Å². The van der Waals surface area contributed by atoms with Gasteiger partial charge in [-0.25, -0.2) is 4.79 Å². The van der Waals surface area contributed by atoms with Crippen molar-refractivity contribution in [2.45, 2.75) is 65.0 Å². The van der Waals surface area contributed by atoms with Crippen LogP contribution >= 0.6 is 0 Å². The summed E-state index contributed by atoms with van der Waals surface area (Å²) in [6, 6.07) is -0.563. The molecule has 2 aliphatic carbocycles. The van der Waals surface area contributed by atoms with Crippen LogP contribution in [0.1, 0.15) is 52.9 Å². The Kier molecular flexibility index (Phi) is 5.45. The van der Waals surface area contributed by atoms with E-state index in [2.05, 4.69) is 26.1 Å². The molecule has 1 amide bonds. The van der Waals surface area contributed by atoms with Crippen molar-refractivity contribution >= 4 is 11.9 Å². The number of aliphatic hydroxyl groups excluding tert-OH is 2. The van der Waals surface area contributed by atoms with Gasteiger partial charge in [-0.15, -0.1) is 0 Å². The van der Waals surface area contributed by atoms with Gasteiger partial charge >= 0.3 is 5.97 Å². The highest BCUT2D eigenvalue weighted by Gasteiger charge is 2.44. The molecule has 0 bridgehead atoms. The van der Waals surface area contributed by atoms with Gasteiger partial charge in [0.1, 0.15) is 12.6 Å². The number of amides is 1. The molecule has 5 atom stereocenters. The molecule has 1 heterocycles. The van der Waals surface area contributed by atoms with Gasteiger partial charge in [0.05, 0.1) is 6.10 Å². The Morgan fingerprint density at radius 2 is 2.12 bits per heavy atom. The second kappa shape index (κ2) is 7.31.